The molecule has 1 aliphatic rings. The predicted molar refractivity (Wildman–Crippen MR) is 95.3 cm³/mol. The van der Waals surface area contributed by atoms with Gasteiger partial charge in [-0.05, 0) is 37.1 Å². The van der Waals surface area contributed by atoms with Crippen molar-refractivity contribution in [2.75, 3.05) is 6.54 Å². The number of nitrogens with zero attached hydrogens (tertiary/aromatic N) is 2. The summed E-state index contributed by atoms with van der Waals surface area (Å²) in [5.41, 5.74) is 1.75. The first-order chi connectivity index (χ1) is 12.1. The summed E-state index contributed by atoms with van der Waals surface area (Å²) in [7, 11) is 1.93. The Kier molecular flexibility index (Phi) is 4.09. The fourth-order valence-corrected chi connectivity index (χ4v) is 3.84. The van der Waals surface area contributed by atoms with E-state index in [1.54, 1.807) is 18.4 Å². The van der Waals surface area contributed by atoms with E-state index in [-0.39, 0.29) is 11.9 Å². The smallest absolute Gasteiger partial charge is 0.270 e. The van der Waals surface area contributed by atoms with Crippen LogP contribution in [0.2, 0.25) is 0 Å². The third-order valence-electron chi connectivity index (χ3n) is 5.18. The Bertz CT molecular complexity index is 882. The molecule has 2 unspecified atom stereocenters. The molecule has 5 nitrogen and oxygen atoms in total. The monoisotopic (exact) mass is 338 g/mol. The lowest BCUT2D eigenvalue weighted by Crippen LogP contribution is -2.37. The molecule has 1 amide bonds. The molecule has 0 spiro atoms. The van der Waals surface area contributed by atoms with Gasteiger partial charge in [0.15, 0.2) is 0 Å². The number of fused-ring (bicyclic) bond motifs is 1. The fourth-order valence-electron chi connectivity index (χ4n) is 3.84. The summed E-state index contributed by atoms with van der Waals surface area (Å²) in [6.45, 7) is 0.732. The van der Waals surface area contributed by atoms with Gasteiger partial charge in [0, 0.05) is 37.0 Å². The first-order valence-corrected chi connectivity index (χ1v) is 8.72. The lowest BCUT2D eigenvalue weighted by Gasteiger charge is -2.26. The van der Waals surface area contributed by atoms with Crippen molar-refractivity contribution in [1.29, 1.82) is 0 Å². The molecular formula is C20H22N2O3. The summed E-state index contributed by atoms with van der Waals surface area (Å²) in [6.07, 6.45) is 3.26. The average Bonchev–Trinajstić information content (AvgIpc) is 3.35. The van der Waals surface area contributed by atoms with Gasteiger partial charge in [-0.25, -0.2) is 0 Å². The van der Waals surface area contributed by atoms with Crippen LogP contribution in [0.5, 0.6) is 0 Å². The molecule has 1 fully saturated rings. The summed E-state index contributed by atoms with van der Waals surface area (Å²) in [4.78, 5) is 15.0. The normalized spacial score (nSPS) is 18.8. The maximum absolute atomic E-state index is 13.1. The number of aryl methyl sites for hydroxylation is 1. The van der Waals surface area contributed by atoms with E-state index in [9.17, 15) is 9.90 Å². The summed E-state index contributed by atoms with van der Waals surface area (Å²) in [5.74, 6) is 0.594. The van der Waals surface area contributed by atoms with Crippen molar-refractivity contribution in [3.05, 3.63) is 60.2 Å². The molecule has 1 aliphatic heterocycles. The lowest BCUT2D eigenvalue weighted by molar-refractivity contribution is 0.0633. The Labute approximate surface area is 146 Å². The van der Waals surface area contributed by atoms with Gasteiger partial charge >= 0.3 is 0 Å². The number of aromatic nitrogens is 1. The molecule has 3 heterocycles. The van der Waals surface area contributed by atoms with Gasteiger partial charge in [-0.1, -0.05) is 18.2 Å². The lowest BCUT2D eigenvalue weighted by atomic mass is 10.0. The zero-order chi connectivity index (χ0) is 17.4. The van der Waals surface area contributed by atoms with E-state index < -0.39 is 6.10 Å². The van der Waals surface area contributed by atoms with Gasteiger partial charge in [-0.3, -0.25) is 4.79 Å². The molecule has 2 atom stereocenters. The van der Waals surface area contributed by atoms with Crippen molar-refractivity contribution < 1.29 is 14.3 Å². The molecule has 4 rings (SSSR count). The molecule has 2 aromatic heterocycles. The second kappa shape index (κ2) is 6.41. The quantitative estimate of drug-likeness (QED) is 0.792. The zero-order valence-corrected chi connectivity index (χ0v) is 14.3. The van der Waals surface area contributed by atoms with Crippen LogP contribution in [0.4, 0.5) is 0 Å². The van der Waals surface area contributed by atoms with Crippen LogP contribution in [0.3, 0.4) is 0 Å². The van der Waals surface area contributed by atoms with E-state index in [0.29, 0.717) is 17.9 Å². The Balaban J connectivity index is 1.56. The van der Waals surface area contributed by atoms with Crippen LogP contribution >= 0.6 is 0 Å². The molecule has 0 saturated carbocycles. The number of aliphatic hydroxyl groups is 1. The van der Waals surface area contributed by atoms with Crippen molar-refractivity contribution in [3.8, 4) is 0 Å². The molecule has 0 aliphatic carbocycles. The minimum absolute atomic E-state index is 0.0330. The number of likely N-dealkylation sites (tertiary alicyclic amines) is 1. The molecule has 1 saturated heterocycles. The third kappa shape index (κ3) is 2.85. The number of hydrogen-bond acceptors (Lipinski definition) is 3. The van der Waals surface area contributed by atoms with Crippen molar-refractivity contribution in [3.63, 3.8) is 0 Å². The summed E-state index contributed by atoms with van der Waals surface area (Å²) in [6, 6.07) is 13.5. The van der Waals surface area contributed by atoms with E-state index >= 15 is 0 Å². The number of amides is 1. The van der Waals surface area contributed by atoms with Gasteiger partial charge in [0.2, 0.25) is 0 Å². The standard InChI is InChI=1S/C20H22N2O3/c1-21-16-8-3-2-6-14(16)12-17(21)20(24)22-10-4-7-15(22)13-18(23)19-9-5-11-25-19/h2-3,5-6,8-9,11-12,15,18,23H,4,7,10,13H2,1H3. The Hall–Kier alpha value is -2.53. The number of furan rings is 1. The van der Waals surface area contributed by atoms with Crippen molar-refractivity contribution >= 4 is 16.8 Å². The van der Waals surface area contributed by atoms with E-state index in [2.05, 4.69) is 0 Å². The van der Waals surface area contributed by atoms with E-state index in [1.807, 2.05) is 46.8 Å². The van der Waals surface area contributed by atoms with Crippen LogP contribution in [-0.4, -0.2) is 33.1 Å². The molecule has 1 N–H and O–H groups in total. The molecule has 130 valence electrons. The molecule has 25 heavy (non-hydrogen) atoms. The fraction of sp³-hybridized carbons (Fsp3) is 0.350. The minimum atomic E-state index is -0.680. The van der Waals surface area contributed by atoms with Crippen LogP contribution in [-0.2, 0) is 7.05 Å². The van der Waals surface area contributed by atoms with Crippen LogP contribution in [0.25, 0.3) is 10.9 Å². The molecule has 1 aromatic carbocycles. The van der Waals surface area contributed by atoms with Crippen molar-refractivity contribution in [2.24, 2.45) is 7.05 Å². The molecular weight excluding hydrogens is 316 g/mol. The number of aliphatic hydroxyl groups excluding tert-OH is 1. The number of carbonyl (C=O) groups is 1. The first kappa shape index (κ1) is 16.0. The van der Waals surface area contributed by atoms with Crippen LogP contribution in [0, 0.1) is 0 Å². The van der Waals surface area contributed by atoms with Gasteiger partial charge < -0.3 is 19.0 Å². The summed E-state index contributed by atoms with van der Waals surface area (Å²) < 4.78 is 7.24. The SMILES string of the molecule is Cn1c(C(=O)N2CCCC2CC(O)c2ccco2)cc2ccccc21. The topological polar surface area (TPSA) is 58.6 Å². The third-order valence-corrected chi connectivity index (χ3v) is 5.18. The number of carbonyl (C=O) groups excluding carboxylic acids is 1. The van der Waals surface area contributed by atoms with Crippen molar-refractivity contribution in [1.82, 2.24) is 9.47 Å². The van der Waals surface area contributed by atoms with E-state index in [4.69, 9.17) is 4.42 Å². The van der Waals surface area contributed by atoms with Crippen LogP contribution < -0.4 is 0 Å². The van der Waals surface area contributed by atoms with Gasteiger partial charge in [-0.15, -0.1) is 0 Å². The highest BCUT2D eigenvalue weighted by molar-refractivity contribution is 5.99. The highest BCUT2D eigenvalue weighted by Gasteiger charge is 2.33. The Morgan fingerprint density at radius 3 is 2.92 bits per heavy atom. The van der Waals surface area contributed by atoms with Crippen LogP contribution in [0.15, 0.2) is 53.1 Å². The number of rotatable bonds is 4. The molecule has 0 radical (unpaired) electrons. The maximum atomic E-state index is 13.1. The zero-order valence-electron chi connectivity index (χ0n) is 14.3. The van der Waals surface area contributed by atoms with E-state index in [1.165, 1.54) is 0 Å². The van der Waals surface area contributed by atoms with Gasteiger partial charge in [0.25, 0.3) is 5.91 Å². The second-order valence-electron chi connectivity index (χ2n) is 6.71. The largest absolute Gasteiger partial charge is 0.467 e. The van der Waals surface area contributed by atoms with E-state index in [0.717, 1.165) is 30.3 Å². The predicted octanol–water partition coefficient (Wildman–Crippen LogP) is 3.50. The highest BCUT2D eigenvalue weighted by atomic mass is 16.4. The minimum Gasteiger partial charge on any atom is -0.467 e. The summed E-state index contributed by atoms with van der Waals surface area (Å²) in [5, 5.41) is 11.4. The van der Waals surface area contributed by atoms with Gasteiger partial charge in [-0.2, -0.15) is 0 Å². The second-order valence-corrected chi connectivity index (χ2v) is 6.71. The van der Waals surface area contributed by atoms with Crippen LogP contribution in [0.1, 0.15) is 41.6 Å². The molecule has 5 heteroatoms. The first-order valence-electron chi connectivity index (χ1n) is 8.72. The average molecular weight is 338 g/mol. The highest BCUT2D eigenvalue weighted by Crippen LogP contribution is 2.30. The van der Waals surface area contributed by atoms with Gasteiger partial charge in [0.1, 0.15) is 17.6 Å². The summed E-state index contributed by atoms with van der Waals surface area (Å²) >= 11 is 0. The number of para-hydroxylation sites is 1. The number of hydrogen-bond donors (Lipinski definition) is 1. The maximum Gasteiger partial charge on any atom is 0.270 e. The Morgan fingerprint density at radius 1 is 1.32 bits per heavy atom. The van der Waals surface area contributed by atoms with Crippen molar-refractivity contribution in [2.45, 2.75) is 31.4 Å². The molecule has 3 aromatic rings. The Morgan fingerprint density at radius 2 is 2.16 bits per heavy atom. The molecule has 0 bridgehead atoms. The number of benzene rings is 1. The van der Waals surface area contributed by atoms with Gasteiger partial charge in [0.05, 0.1) is 6.26 Å².